The maximum absolute atomic E-state index is 5.25. The summed E-state index contributed by atoms with van der Waals surface area (Å²) in [4.78, 5) is 0. The van der Waals surface area contributed by atoms with Crippen LogP contribution in [0.1, 0.15) is 32.6 Å². The van der Waals surface area contributed by atoms with Crippen molar-refractivity contribution < 1.29 is 4.18 Å². The molecule has 0 radical (unpaired) electrons. The predicted molar refractivity (Wildman–Crippen MR) is 54.3 cm³/mol. The smallest absolute Gasteiger partial charge is 0.0635 e. The van der Waals surface area contributed by atoms with E-state index < -0.39 is 0 Å². The minimum absolute atomic E-state index is 0.625. The van der Waals surface area contributed by atoms with Crippen molar-refractivity contribution in [2.45, 2.75) is 32.6 Å². The van der Waals surface area contributed by atoms with Crippen LogP contribution in [0.25, 0.3) is 0 Å². The van der Waals surface area contributed by atoms with E-state index in [9.17, 15) is 0 Å². The van der Waals surface area contributed by atoms with E-state index in [0.29, 0.717) is 5.88 Å². The van der Waals surface area contributed by atoms with Crippen molar-refractivity contribution in [2.75, 3.05) is 12.5 Å². The third-order valence-corrected chi connectivity index (χ3v) is 2.73. The molecule has 0 heterocycles. The van der Waals surface area contributed by atoms with Crippen molar-refractivity contribution >= 4 is 21.9 Å². The second-order valence-corrected chi connectivity index (χ2v) is 4.29. The molecule has 0 fully saturated rings. The molecule has 11 heavy (non-hydrogen) atoms. The highest BCUT2D eigenvalue weighted by molar-refractivity contribution is 8.74. The highest BCUT2D eigenvalue weighted by atomic mass is 33.1. The summed E-state index contributed by atoms with van der Waals surface area (Å²) in [6.45, 7) is 3.07. The van der Waals surface area contributed by atoms with Crippen molar-refractivity contribution in [2.24, 2.45) is 5.73 Å². The summed E-state index contributed by atoms with van der Waals surface area (Å²) in [7, 11) is 1.54. The van der Waals surface area contributed by atoms with Crippen LogP contribution < -0.4 is 5.73 Å². The van der Waals surface area contributed by atoms with Gasteiger partial charge >= 0.3 is 0 Å². The summed E-state index contributed by atoms with van der Waals surface area (Å²) in [6.07, 6.45) is 5.05. The molecule has 2 N–H and O–H groups in total. The first-order valence-electron chi connectivity index (χ1n) is 4.03. The molecule has 0 aromatic rings. The van der Waals surface area contributed by atoms with E-state index in [0.717, 1.165) is 6.61 Å². The van der Waals surface area contributed by atoms with Gasteiger partial charge < -0.3 is 9.92 Å². The molecule has 0 aromatic carbocycles. The first kappa shape index (κ1) is 11.6. The Morgan fingerprint density at radius 2 is 2.09 bits per heavy atom. The van der Waals surface area contributed by atoms with E-state index in [1.165, 1.54) is 36.8 Å². The van der Waals surface area contributed by atoms with Crippen LogP contribution in [0, 0.1) is 0 Å². The Labute approximate surface area is 77.2 Å². The van der Waals surface area contributed by atoms with Crippen LogP contribution in [0.5, 0.6) is 0 Å². The van der Waals surface area contributed by atoms with Crippen LogP contribution in [0.4, 0.5) is 0 Å². The number of hydrogen-bond donors (Lipinski definition) is 1. The molecule has 0 atom stereocenters. The normalized spacial score (nSPS) is 10.4. The first-order chi connectivity index (χ1) is 5.41. The molecule has 0 bridgehead atoms. The predicted octanol–water partition coefficient (Wildman–Crippen LogP) is 2.80. The summed E-state index contributed by atoms with van der Waals surface area (Å²) in [5.74, 6) is 0.625. The molecule has 68 valence electrons. The fourth-order valence-electron chi connectivity index (χ4n) is 0.684. The molecule has 0 rings (SSSR count). The summed E-state index contributed by atoms with van der Waals surface area (Å²) >= 11 is 1.40. The summed E-state index contributed by atoms with van der Waals surface area (Å²) in [5.41, 5.74) is 5.25. The van der Waals surface area contributed by atoms with Crippen molar-refractivity contribution in [3.8, 4) is 0 Å². The second-order valence-electron chi connectivity index (χ2n) is 2.24. The van der Waals surface area contributed by atoms with Crippen LogP contribution >= 0.6 is 21.9 Å². The van der Waals surface area contributed by atoms with Crippen molar-refractivity contribution in [3.05, 3.63) is 0 Å². The Bertz CT molecular complexity index is 65.5. The molecule has 0 unspecified atom stereocenters. The third kappa shape index (κ3) is 10.6. The quantitative estimate of drug-likeness (QED) is 0.279. The second kappa shape index (κ2) is 10.6. The molecule has 0 saturated carbocycles. The number of unbranched alkanes of at least 4 members (excludes halogenated alkanes) is 3. The van der Waals surface area contributed by atoms with Gasteiger partial charge in [-0.1, -0.05) is 26.2 Å². The van der Waals surface area contributed by atoms with E-state index in [2.05, 4.69) is 6.92 Å². The maximum atomic E-state index is 5.25. The molecular weight excluding hydrogens is 178 g/mol. The third-order valence-electron chi connectivity index (χ3n) is 1.25. The minimum atomic E-state index is 0.625. The number of rotatable bonds is 8. The lowest BCUT2D eigenvalue weighted by Crippen LogP contribution is -1.90. The fraction of sp³-hybridized carbons (Fsp3) is 1.00. The van der Waals surface area contributed by atoms with E-state index in [1.54, 1.807) is 10.8 Å². The lowest BCUT2D eigenvalue weighted by Gasteiger charge is -1.99. The molecule has 0 aliphatic heterocycles. The summed E-state index contributed by atoms with van der Waals surface area (Å²) in [6, 6.07) is 0. The topological polar surface area (TPSA) is 35.2 Å². The highest BCUT2D eigenvalue weighted by Gasteiger charge is 1.89. The van der Waals surface area contributed by atoms with Gasteiger partial charge in [-0.05, 0) is 17.2 Å². The van der Waals surface area contributed by atoms with Gasteiger partial charge in [0.2, 0.25) is 0 Å². The van der Waals surface area contributed by atoms with Gasteiger partial charge in [0.05, 0.1) is 23.6 Å². The Morgan fingerprint density at radius 3 is 2.73 bits per heavy atom. The molecular formula is C7H17NOS2. The summed E-state index contributed by atoms with van der Waals surface area (Å²) in [5, 5.41) is 0. The lowest BCUT2D eigenvalue weighted by molar-refractivity contribution is 0.361. The van der Waals surface area contributed by atoms with Gasteiger partial charge in [-0.2, -0.15) is 0 Å². The zero-order valence-corrected chi connectivity index (χ0v) is 8.68. The van der Waals surface area contributed by atoms with E-state index >= 15 is 0 Å². The zero-order chi connectivity index (χ0) is 8.36. The van der Waals surface area contributed by atoms with Crippen molar-refractivity contribution in [1.29, 1.82) is 0 Å². The van der Waals surface area contributed by atoms with Crippen LogP contribution in [0.3, 0.4) is 0 Å². The van der Waals surface area contributed by atoms with Gasteiger partial charge in [-0.15, -0.1) is 0 Å². The molecule has 0 spiro atoms. The average molecular weight is 195 g/mol. The Balaban J connectivity index is 2.69. The first-order valence-corrected chi connectivity index (χ1v) is 6.27. The van der Waals surface area contributed by atoms with Crippen LogP contribution in [-0.2, 0) is 4.18 Å². The monoisotopic (exact) mass is 195 g/mol. The van der Waals surface area contributed by atoms with E-state index in [-0.39, 0.29) is 0 Å². The van der Waals surface area contributed by atoms with Gasteiger partial charge in [0.25, 0.3) is 0 Å². The SMILES string of the molecule is CCCCCCOSSCN. The number of nitrogens with two attached hydrogens (primary N) is 1. The summed E-state index contributed by atoms with van der Waals surface area (Å²) < 4.78 is 5.22. The maximum Gasteiger partial charge on any atom is 0.0635 e. The zero-order valence-electron chi connectivity index (χ0n) is 7.04. The fourth-order valence-corrected chi connectivity index (χ4v) is 1.57. The van der Waals surface area contributed by atoms with Gasteiger partial charge in [-0.3, -0.25) is 0 Å². The van der Waals surface area contributed by atoms with Crippen molar-refractivity contribution in [3.63, 3.8) is 0 Å². The standard InChI is InChI=1S/C7H17NOS2/c1-2-3-4-5-6-9-11-10-7-8/h2-8H2,1H3. The molecule has 0 aliphatic carbocycles. The minimum Gasteiger partial charge on any atom is -0.321 e. The van der Waals surface area contributed by atoms with Gasteiger partial charge in [0.15, 0.2) is 0 Å². The molecule has 4 heteroatoms. The van der Waals surface area contributed by atoms with Crippen LogP contribution in [0.2, 0.25) is 0 Å². The largest absolute Gasteiger partial charge is 0.321 e. The lowest BCUT2D eigenvalue weighted by atomic mass is 10.2. The Hall–Kier alpha value is 0.620. The number of hydrogen-bond acceptors (Lipinski definition) is 4. The molecule has 0 saturated heterocycles. The van der Waals surface area contributed by atoms with E-state index in [1.807, 2.05) is 0 Å². The van der Waals surface area contributed by atoms with Gasteiger partial charge in [0.1, 0.15) is 0 Å². The van der Waals surface area contributed by atoms with Gasteiger partial charge in [-0.25, -0.2) is 0 Å². The molecule has 0 amide bonds. The average Bonchev–Trinajstić information content (AvgIpc) is 2.03. The van der Waals surface area contributed by atoms with Crippen LogP contribution in [-0.4, -0.2) is 12.5 Å². The van der Waals surface area contributed by atoms with Crippen molar-refractivity contribution in [1.82, 2.24) is 0 Å². The molecule has 0 aromatic heterocycles. The Kier molecular flexibility index (Phi) is 11.2. The highest BCUT2D eigenvalue weighted by Crippen LogP contribution is 2.20. The molecule has 0 aliphatic rings. The van der Waals surface area contributed by atoms with E-state index in [4.69, 9.17) is 9.92 Å². The Morgan fingerprint density at radius 1 is 1.27 bits per heavy atom. The molecule has 2 nitrogen and oxygen atoms in total. The van der Waals surface area contributed by atoms with Crippen LogP contribution in [0.15, 0.2) is 0 Å². The van der Waals surface area contributed by atoms with Gasteiger partial charge in [0, 0.05) is 0 Å².